The van der Waals surface area contributed by atoms with Gasteiger partial charge < -0.3 is 10.6 Å². The minimum absolute atomic E-state index is 0. The highest BCUT2D eigenvalue weighted by Crippen LogP contribution is 2.13. The van der Waals surface area contributed by atoms with Crippen LogP contribution in [0.5, 0.6) is 0 Å². The minimum atomic E-state index is 0. The molecule has 0 spiro atoms. The summed E-state index contributed by atoms with van der Waals surface area (Å²) in [5.74, 6) is 0.893. The van der Waals surface area contributed by atoms with Gasteiger partial charge >= 0.3 is 0 Å². The zero-order valence-electron chi connectivity index (χ0n) is 12.9. The third-order valence-corrected chi connectivity index (χ3v) is 4.11. The van der Waals surface area contributed by atoms with Gasteiger partial charge in [-0.15, -0.1) is 12.4 Å². The molecule has 1 aliphatic rings. The molecule has 4 heteroatoms. The summed E-state index contributed by atoms with van der Waals surface area (Å²) in [5, 5.41) is 6.36. The summed E-state index contributed by atoms with van der Waals surface area (Å²) in [5.41, 5.74) is 2.66. The molecular formula is C17H27ClN2O. The van der Waals surface area contributed by atoms with Gasteiger partial charge in [-0.1, -0.05) is 31.2 Å². The molecule has 0 aromatic heterocycles. The van der Waals surface area contributed by atoms with Crippen LogP contribution in [0.3, 0.4) is 0 Å². The molecule has 0 radical (unpaired) electrons. The van der Waals surface area contributed by atoms with Gasteiger partial charge in [-0.05, 0) is 55.8 Å². The summed E-state index contributed by atoms with van der Waals surface area (Å²) >= 11 is 0. The first-order chi connectivity index (χ1) is 9.78. The van der Waals surface area contributed by atoms with Crippen LogP contribution in [0.4, 0.5) is 0 Å². The van der Waals surface area contributed by atoms with Gasteiger partial charge in [0.1, 0.15) is 0 Å². The predicted molar refractivity (Wildman–Crippen MR) is 90.0 cm³/mol. The monoisotopic (exact) mass is 310 g/mol. The number of halogens is 1. The molecule has 2 rings (SSSR count). The molecule has 0 saturated carbocycles. The van der Waals surface area contributed by atoms with Crippen LogP contribution in [-0.4, -0.2) is 25.5 Å². The quantitative estimate of drug-likeness (QED) is 0.813. The summed E-state index contributed by atoms with van der Waals surface area (Å²) < 4.78 is 0. The summed E-state index contributed by atoms with van der Waals surface area (Å²) in [4.78, 5) is 11.8. The van der Waals surface area contributed by atoms with E-state index in [1.807, 2.05) is 0 Å². The Labute approximate surface area is 134 Å². The molecule has 2 N–H and O–H groups in total. The molecule has 1 aliphatic heterocycles. The normalized spacial score (nSPS) is 17.3. The second kappa shape index (κ2) is 9.80. The van der Waals surface area contributed by atoms with Crippen LogP contribution in [-0.2, 0) is 17.6 Å². The summed E-state index contributed by atoms with van der Waals surface area (Å²) in [7, 11) is 0. The molecule has 0 aliphatic carbocycles. The topological polar surface area (TPSA) is 41.1 Å². The fraction of sp³-hybridized carbons (Fsp3) is 0.588. The molecule has 3 nitrogen and oxygen atoms in total. The average molecular weight is 311 g/mol. The fourth-order valence-corrected chi connectivity index (χ4v) is 2.67. The number of nitrogens with one attached hydrogen (secondary N) is 2. The van der Waals surface area contributed by atoms with Crippen LogP contribution in [0.2, 0.25) is 0 Å². The van der Waals surface area contributed by atoms with Crippen molar-refractivity contribution >= 4 is 18.3 Å². The van der Waals surface area contributed by atoms with E-state index in [2.05, 4.69) is 41.8 Å². The van der Waals surface area contributed by atoms with Gasteiger partial charge in [0.25, 0.3) is 0 Å². The van der Waals surface area contributed by atoms with Gasteiger partial charge in [0.2, 0.25) is 5.91 Å². The maximum Gasteiger partial charge on any atom is 0.220 e. The van der Waals surface area contributed by atoms with E-state index >= 15 is 0 Å². The number of amides is 1. The van der Waals surface area contributed by atoms with Gasteiger partial charge in [0.15, 0.2) is 0 Å². The summed E-state index contributed by atoms with van der Waals surface area (Å²) in [6, 6.07) is 8.67. The first-order valence-corrected chi connectivity index (χ1v) is 7.83. The highest BCUT2D eigenvalue weighted by atomic mass is 35.5. The standard InChI is InChI=1S/C17H26N2O.ClH/c1-2-14-3-5-15(6-4-14)10-12-19-17(20)8-7-16-9-11-18-13-16;/h3-6,16,18H,2,7-13H2,1H3,(H,19,20);1H. The molecule has 1 saturated heterocycles. The van der Waals surface area contributed by atoms with Crippen LogP contribution < -0.4 is 10.6 Å². The minimum Gasteiger partial charge on any atom is -0.356 e. The van der Waals surface area contributed by atoms with Gasteiger partial charge in [-0.2, -0.15) is 0 Å². The fourth-order valence-electron chi connectivity index (χ4n) is 2.67. The van der Waals surface area contributed by atoms with Gasteiger partial charge in [-0.25, -0.2) is 0 Å². The molecule has 21 heavy (non-hydrogen) atoms. The van der Waals surface area contributed by atoms with Crippen LogP contribution in [0.15, 0.2) is 24.3 Å². The number of benzene rings is 1. The Kier molecular flexibility index (Phi) is 8.40. The van der Waals surface area contributed by atoms with Gasteiger partial charge in [-0.3, -0.25) is 4.79 Å². The van der Waals surface area contributed by atoms with E-state index in [4.69, 9.17) is 0 Å². The molecule has 118 valence electrons. The predicted octanol–water partition coefficient (Wildman–Crippen LogP) is 2.72. The second-order valence-corrected chi connectivity index (χ2v) is 5.67. The van der Waals surface area contributed by atoms with Crippen molar-refractivity contribution in [1.82, 2.24) is 10.6 Å². The Balaban J connectivity index is 0.00000220. The Morgan fingerprint density at radius 3 is 2.62 bits per heavy atom. The molecule has 1 aromatic rings. The van der Waals surface area contributed by atoms with E-state index in [0.717, 1.165) is 38.9 Å². The lowest BCUT2D eigenvalue weighted by atomic mass is 10.0. The van der Waals surface area contributed by atoms with E-state index in [0.29, 0.717) is 12.3 Å². The first-order valence-electron chi connectivity index (χ1n) is 7.83. The zero-order chi connectivity index (χ0) is 14.2. The molecule has 1 unspecified atom stereocenters. The van der Waals surface area contributed by atoms with Crippen molar-refractivity contribution in [1.29, 1.82) is 0 Å². The van der Waals surface area contributed by atoms with Crippen molar-refractivity contribution in [2.75, 3.05) is 19.6 Å². The number of carbonyl (C=O) groups excluding carboxylic acids is 1. The van der Waals surface area contributed by atoms with Crippen LogP contribution in [0.25, 0.3) is 0 Å². The third-order valence-electron chi connectivity index (χ3n) is 4.11. The number of aryl methyl sites for hydroxylation is 1. The van der Waals surface area contributed by atoms with E-state index in [1.54, 1.807) is 0 Å². The van der Waals surface area contributed by atoms with Crippen molar-refractivity contribution in [3.63, 3.8) is 0 Å². The molecule has 1 atom stereocenters. The lowest BCUT2D eigenvalue weighted by molar-refractivity contribution is -0.121. The Morgan fingerprint density at radius 1 is 1.29 bits per heavy atom. The largest absolute Gasteiger partial charge is 0.356 e. The maximum atomic E-state index is 11.8. The van der Waals surface area contributed by atoms with E-state index in [-0.39, 0.29) is 18.3 Å². The lowest BCUT2D eigenvalue weighted by Crippen LogP contribution is -2.26. The SMILES string of the molecule is CCc1ccc(CCNC(=O)CCC2CCNC2)cc1.Cl. The van der Waals surface area contributed by atoms with Crippen molar-refractivity contribution in [2.45, 2.75) is 39.0 Å². The van der Waals surface area contributed by atoms with Crippen molar-refractivity contribution < 1.29 is 4.79 Å². The zero-order valence-corrected chi connectivity index (χ0v) is 13.7. The van der Waals surface area contributed by atoms with Crippen LogP contribution >= 0.6 is 12.4 Å². The number of hydrogen-bond acceptors (Lipinski definition) is 2. The first kappa shape index (κ1) is 18.0. The molecule has 1 aromatic carbocycles. The summed E-state index contributed by atoms with van der Waals surface area (Å²) in [6.07, 6.45) is 4.90. The molecule has 1 fully saturated rings. The van der Waals surface area contributed by atoms with E-state index in [1.165, 1.54) is 17.5 Å². The second-order valence-electron chi connectivity index (χ2n) is 5.67. The van der Waals surface area contributed by atoms with E-state index < -0.39 is 0 Å². The van der Waals surface area contributed by atoms with Gasteiger partial charge in [0.05, 0.1) is 0 Å². The highest BCUT2D eigenvalue weighted by molar-refractivity contribution is 5.85. The van der Waals surface area contributed by atoms with E-state index in [9.17, 15) is 4.79 Å². The Hall–Kier alpha value is -1.06. The van der Waals surface area contributed by atoms with Crippen molar-refractivity contribution in [2.24, 2.45) is 5.92 Å². The Morgan fingerprint density at radius 2 is 2.00 bits per heavy atom. The average Bonchev–Trinajstić information content (AvgIpc) is 2.99. The van der Waals surface area contributed by atoms with Gasteiger partial charge in [0, 0.05) is 13.0 Å². The molecular weight excluding hydrogens is 284 g/mol. The number of hydrogen-bond donors (Lipinski definition) is 2. The number of carbonyl (C=O) groups is 1. The highest BCUT2D eigenvalue weighted by Gasteiger charge is 2.15. The third kappa shape index (κ3) is 6.49. The maximum absolute atomic E-state index is 11.8. The number of rotatable bonds is 7. The molecule has 1 amide bonds. The molecule has 0 bridgehead atoms. The summed E-state index contributed by atoms with van der Waals surface area (Å²) in [6.45, 7) is 5.10. The van der Waals surface area contributed by atoms with Crippen molar-refractivity contribution in [3.05, 3.63) is 35.4 Å². The van der Waals surface area contributed by atoms with Crippen LogP contribution in [0.1, 0.15) is 37.3 Å². The Bertz CT molecular complexity index is 413. The lowest BCUT2D eigenvalue weighted by Gasteiger charge is -2.09. The van der Waals surface area contributed by atoms with Crippen molar-refractivity contribution in [3.8, 4) is 0 Å². The smallest absolute Gasteiger partial charge is 0.220 e. The molecule has 1 heterocycles. The van der Waals surface area contributed by atoms with Crippen LogP contribution in [0, 0.1) is 5.92 Å².